The lowest BCUT2D eigenvalue weighted by Crippen LogP contribution is -2.66. The molecule has 3 heterocycles. The smallest absolute Gasteiger partial charge is 0.328 e. The van der Waals surface area contributed by atoms with Gasteiger partial charge in [-0.2, -0.15) is 5.10 Å². The molecule has 9 nitrogen and oxygen atoms in total. The molecule has 3 amide bonds. The molecule has 3 unspecified atom stereocenters. The molecule has 150 valence electrons. The first-order chi connectivity index (χ1) is 13.5. The lowest BCUT2D eigenvalue weighted by Gasteiger charge is -2.42. The normalized spacial score (nSPS) is 27.8. The van der Waals surface area contributed by atoms with Gasteiger partial charge in [0.2, 0.25) is 0 Å². The molecule has 3 atom stereocenters. The molecule has 0 radical (unpaired) electrons. The Balaban J connectivity index is 1.60. The Hall–Kier alpha value is -2.49. The van der Waals surface area contributed by atoms with Gasteiger partial charge in [0, 0.05) is 26.4 Å². The summed E-state index contributed by atoms with van der Waals surface area (Å²) in [5.74, 6) is -0.173. The van der Waals surface area contributed by atoms with Crippen LogP contribution in [0.2, 0.25) is 0 Å². The Bertz CT molecular complexity index is 785. The lowest BCUT2D eigenvalue weighted by atomic mass is 10.1. The van der Waals surface area contributed by atoms with Crippen LogP contribution in [0.1, 0.15) is 12.5 Å². The molecule has 2 fully saturated rings. The second-order valence-corrected chi connectivity index (χ2v) is 7.40. The molecule has 28 heavy (non-hydrogen) atoms. The summed E-state index contributed by atoms with van der Waals surface area (Å²) in [5.41, 5.74) is 1.86. The first-order valence-electron chi connectivity index (χ1n) is 9.45. The average molecular weight is 386 g/mol. The summed E-state index contributed by atoms with van der Waals surface area (Å²) in [7, 11) is 3.39. The number of imide groups is 1. The van der Waals surface area contributed by atoms with E-state index < -0.39 is 6.04 Å². The van der Waals surface area contributed by atoms with Crippen LogP contribution in [0.3, 0.4) is 0 Å². The zero-order valence-corrected chi connectivity index (χ0v) is 16.4. The van der Waals surface area contributed by atoms with Crippen molar-refractivity contribution in [1.82, 2.24) is 25.0 Å². The minimum atomic E-state index is -0.452. The number of benzene rings is 1. The van der Waals surface area contributed by atoms with Crippen molar-refractivity contribution in [2.45, 2.75) is 32.0 Å². The van der Waals surface area contributed by atoms with Gasteiger partial charge in [-0.05, 0) is 12.5 Å². The van der Waals surface area contributed by atoms with Gasteiger partial charge in [0.15, 0.2) is 6.29 Å². The largest absolute Gasteiger partial charge is 0.383 e. The van der Waals surface area contributed by atoms with E-state index in [0.717, 1.165) is 11.3 Å². The van der Waals surface area contributed by atoms with Crippen LogP contribution < -0.4 is 5.32 Å². The van der Waals surface area contributed by atoms with Crippen molar-refractivity contribution in [2.75, 3.05) is 33.9 Å². The number of fused-ring (bicyclic) bond motifs is 3. The van der Waals surface area contributed by atoms with Crippen molar-refractivity contribution in [1.29, 1.82) is 0 Å². The topological polar surface area (TPSA) is 80.7 Å². The summed E-state index contributed by atoms with van der Waals surface area (Å²) in [5, 5.41) is 9.93. The second-order valence-electron chi connectivity index (χ2n) is 7.40. The highest BCUT2D eigenvalue weighted by atomic mass is 16.5. The van der Waals surface area contributed by atoms with Crippen LogP contribution in [0, 0.1) is 0 Å². The van der Waals surface area contributed by atoms with Crippen LogP contribution in [0.4, 0.5) is 4.79 Å². The molecule has 1 N–H and O–H groups in total. The number of urea groups is 1. The lowest BCUT2D eigenvalue weighted by molar-refractivity contribution is -0.139. The number of carbonyl (C=O) groups is 2. The van der Waals surface area contributed by atoms with Crippen LogP contribution in [0.25, 0.3) is 0 Å². The molecule has 0 bridgehead atoms. The second kappa shape index (κ2) is 7.50. The number of amides is 3. The van der Waals surface area contributed by atoms with Crippen LogP contribution >= 0.6 is 0 Å². The molecule has 0 aromatic heterocycles. The van der Waals surface area contributed by atoms with Crippen LogP contribution in [0.5, 0.6) is 0 Å². The third-order valence-corrected chi connectivity index (χ3v) is 5.46. The van der Waals surface area contributed by atoms with E-state index in [-0.39, 0.29) is 30.9 Å². The fraction of sp³-hybridized carbons (Fsp3) is 0.526. The van der Waals surface area contributed by atoms with E-state index in [1.165, 1.54) is 4.90 Å². The Morgan fingerprint density at radius 2 is 2.00 bits per heavy atom. The number of ether oxygens (including phenoxy) is 1. The molecule has 0 saturated carbocycles. The molecule has 9 heteroatoms. The van der Waals surface area contributed by atoms with Gasteiger partial charge in [-0.15, -0.1) is 0 Å². The molecule has 2 saturated heterocycles. The Kier molecular flexibility index (Phi) is 5.05. The number of carbonyl (C=O) groups excluding carboxylic acids is 2. The summed E-state index contributed by atoms with van der Waals surface area (Å²) in [6, 6.07) is 8.84. The number of hydrazone groups is 1. The van der Waals surface area contributed by atoms with Gasteiger partial charge in [-0.1, -0.05) is 30.3 Å². The number of methoxy groups -OCH3 is 1. The number of likely N-dealkylation sites (N-methyl/N-ethyl adjacent to an activating group) is 1. The summed E-state index contributed by atoms with van der Waals surface area (Å²) in [6.07, 6.45) is -0.632. The van der Waals surface area contributed by atoms with Crippen LogP contribution in [-0.2, 0) is 16.1 Å². The maximum Gasteiger partial charge on any atom is 0.328 e. The van der Waals surface area contributed by atoms with Crippen molar-refractivity contribution in [3.05, 3.63) is 35.9 Å². The third-order valence-electron chi connectivity index (χ3n) is 5.46. The molecule has 1 aromatic rings. The molecular formula is C19H26N6O3. The predicted molar refractivity (Wildman–Crippen MR) is 103 cm³/mol. The maximum absolute atomic E-state index is 13.4. The summed E-state index contributed by atoms with van der Waals surface area (Å²) < 4.78 is 5.19. The van der Waals surface area contributed by atoms with E-state index in [0.29, 0.717) is 19.7 Å². The standard InChI is InChI=1S/C19H26N6O3/c1-13-11-23-15-16(20-18(23)25(21-13)9-10-28-3)22(2)19(27)24(17(15)26)12-14-7-5-4-6-8-14/h4-8,15-16,18,20H,9-12H2,1-3H3. The quantitative estimate of drug-likeness (QED) is 0.784. The number of hydrogen-bond acceptors (Lipinski definition) is 7. The zero-order valence-electron chi connectivity index (χ0n) is 16.4. The first kappa shape index (κ1) is 18.9. The molecule has 0 spiro atoms. The summed E-state index contributed by atoms with van der Waals surface area (Å²) in [6.45, 7) is 3.93. The number of nitrogens with zero attached hydrogens (tertiary/aromatic N) is 5. The van der Waals surface area contributed by atoms with Crippen LogP contribution in [-0.4, -0.2) is 89.7 Å². The van der Waals surface area contributed by atoms with Crippen LogP contribution in [0.15, 0.2) is 35.4 Å². The highest BCUT2D eigenvalue weighted by Crippen LogP contribution is 2.30. The highest BCUT2D eigenvalue weighted by Gasteiger charge is 2.56. The fourth-order valence-corrected chi connectivity index (χ4v) is 4.12. The van der Waals surface area contributed by atoms with Crippen molar-refractivity contribution >= 4 is 17.6 Å². The number of nitrogens with one attached hydrogen (secondary N) is 1. The Morgan fingerprint density at radius 3 is 2.71 bits per heavy atom. The van der Waals surface area contributed by atoms with E-state index in [4.69, 9.17) is 4.74 Å². The van der Waals surface area contributed by atoms with E-state index >= 15 is 0 Å². The van der Waals surface area contributed by atoms with Gasteiger partial charge in [0.25, 0.3) is 5.91 Å². The molecule has 1 aromatic carbocycles. The van der Waals surface area contributed by atoms with Gasteiger partial charge in [-0.25, -0.2) is 9.69 Å². The van der Waals surface area contributed by atoms with E-state index in [1.807, 2.05) is 42.3 Å². The average Bonchev–Trinajstić information content (AvgIpc) is 3.08. The maximum atomic E-state index is 13.4. The van der Waals surface area contributed by atoms with Gasteiger partial charge >= 0.3 is 6.03 Å². The number of hydrogen-bond donors (Lipinski definition) is 1. The summed E-state index contributed by atoms with van der Waals surface area (Å²) >= 11 is 0. The molecule has 0 aliphatic carbocycles. The molecule has 3 aliphatic rings. The van der Waals surface area contributed by atoms with Crippen molar-refractivity contribution in [3.63, 3.8) is 0 Å². The van der Waals surface area contributed by atoms with E-state index in [2.05, 4.69) is 15.3 Å². The minimum Gasteiger partial charge on any atom is -0.383 e. The number of rotatable bonds is 5. The molecule has 4 rings (SSSR count). The van der Waals surface area contributed by atoms with Gasteiger partial charge in [0.1, 0.15) is 12.2 Å². The SMILES string of the molecule is COCCN1N=C(C)CN2C3C(=O)N(Cc4ccccc4)C(=O)N(C)C3NC12. The van der Waals surface area contributed by atoms with Gasteiger partial charge in [0.05, 0.1) is 19.7 Å². The monoisotopic (exact) mass is 386 g/mol. The Morgan fingerprint density at radius 1 is 1.25 bits per heavy atom. The fourth-order valence-electron chi connectivity index (χ4n) is 4.12. The molecule has 3 aliphatic heterocycles. The Labute approximate surface area is 164 Å². The van der Waals surface area contributed by atoms with E-state index in [1.54, 1.807) is 19.1 Å². The summed E-state index contributed by atoms with van der Waals surface area (Å²) in [4.78, 5) is 31.3. The van der Waals surface area contributed by atoms with Crippen molar-refractivity contribution in [3.8, 4) is 0 Å². The van der Waals surface area contributed by atoms with Gasteiger partial charge < -0.3 is 9.64 Å². The molecular weight excluding hydrogens is 360 g/mol. The minimum absolute atomic E-state index is 0.173. The van der Waals surface area contributed by atoms with Crippen molar-refractivity contribution in [2.24, 2.45) is 5.10 Å². The highest BCUT2D eigenvalue weighted by molar-refractivity contribution is 6.01. The third kappa shape index (κ3) is 3.15. The van der Waals surface area contributed by atoms with Crippen molar-refractivity contribution < 1.29 is 14.3 Å². The zero-order chi connectivity index (χ0) is 19.8. The predicted octanol–water partition coefficient (Wildman–Crippen LogP) is 0.302. The van der Waals surface area contributed by atoms with E-state index in [9.17, 15) is 9.59 Å². The first-order valence-corrected chi connectivity index (χ1v) is 9.45. The van der Waals surface area contributed by atoms with Gasteiger partial charge in [-0.3, -0.25) is 20.0 Å².